The third kappa shape index (κ3) is 4.75. The number of nitrogens with one attached hydrogen (secondary N) is 1. The second kappa shape index (κ2) is 7.08. The molecule has 0 amide bonds. The highest BCUT2D eigenvalue weighted by Gasteiger charge is 2.32. The van der Waals surface area contributed by atoms with Crippen LogP contribution in [0.15, 0.2) is 0 Å². The van der Waals surface area contributed by atoms with Crippen molar-refractivity contribution >= 4 is 0 Å². The number of hydrogen-bond donors (Lipinski definition) is 2. The lowest BCUT2D eigenvalue weighted by Crippen LogP contribution is -2.51. The van der Waals surface area contributed by atoms with Gasteiger partial charge in [0.25, 0.3) is 0 Å². The molecule has 3 N–H and O–H groups in total. The SMILES string of the molecule is CC(C)C1CCCC(CN)(NCCCC2CC2)CC1. The van der Waals surface area contributed by atoms with Crippen LogP contribution in [0, 0.1) is 17.8 Å². The van der Waals surface area contributed by atoms with E-state index >= 15 is 0 Å². The molecule has 2 heteroatoms. The fourth-order valence-corrected chi connectivity index (χ4v) is 3.70. The molecule has 0 aliphatic heterocycles. The Morgan fingerprint density at radius 3 is 2.58 bits per heavy atom. The van der Waals surface area contributed by atoms with Gasteiger partial charge < -0.3 is 11.1 Å². The summed E-state index contributed by atoms with van der Waals surface area (Å²) < 4.78 is 0. The fourth-order valence-electron chi connectivity index (χ4n) is 3.70. The van der Waals surface area contributed by atoms with Crippen LogP contribution in [-0.2, 0) is 0 Å². The van der Waals surface area contributed by atoms with E-state index in [2.05, 4.69) is 19.2 Å². The van der Waals surface area contributed by atoms with E-state index in [1.807, 2.05) is 0 Å². The first kappa shape index (κ1) is 15.3. The van der Waals surface area contributed by atoms with Gasteiger partial charge in [0, 0.05) is 12.1 Å². The first-order valence-corrected chi connectivity index (χ1v) is 8.60. The molecule has 2 fully saturated rings. The average molecular weight is 266 g/mol. The quantitative estimate of drug-likeness (QED) is 0.545. The normalized spacial score (nSPS) is 32.5. The summed E-state index contributed by atoms with van der Waals surface area (Å²) in [6, 6.07) is 0. The Balaban J connectivity index is 1.75. The van der Waals surface area contributed by atoms with E-state index in [9.17, 15) is 0 Å². The van der Waals surface area contributed by atoms with Crippen LogP contribution in [0.5, 0.6) is 0 Å². The van der Waals surface area contributed by atoms with Crippen molar-refractivity contribution in [3.8, 4) is 0 Å². The molecule has 2 nitrogen and oxygen atoms in total. The van der Waals surface area contributed by atoms with Gasteiger partial charge in [-0.05, 0) is 56.4 Å². The van der Waals surface area contributed by atoms with Gasteiger partial charge in [0.15, 0.2) is 0 Å². The Bertz CT molecular complexity index is 260. The van der Waals surface area contributed by atoms with Crippen molar-refractivity contribution in [1.29, 1.82) is 0 Å². The summed E-state index contributed by atoms with van der Waals surface area (Å²) in [6.07, 6.45) is 12.5. The Hall–Kier alpha value is -0.0800. The standard InChI is InChI=1S/C17H34N2/c1-14(2)16-6-3-10-17(13-18,11-9-16)19-12-4-5-15-7-8-15/h14-16,19H,3-13,18H2,1-2H3. The Labute approximate surface area is 119 Å². The minimum absolute atomic E-state index is 0.257. The van der Waals surface area contributed by atoms with Gasteiger partial charge in [-0.3, -0.25) is 0 Å². The summed E-state index contributed by atoms with van der Waals surface area (Å²) in [4.78, 5) is 0. The Morgan fingerprint density at radius 1 is 1.16 bits per heavy atom. The fraction of sp³-hybridized carbons (Fsp3) is 1.00. The maximum atomic E-state index is 6.12. The molecule has 0 bridgehead atoms. The number of nitrogens with two attached hydrogens (primary N) is 1. The number of hydrogen-bond acceptors (Lipinski definition) is 2. The molecule has 0 spiro atoms. The molecule has 0 aromatic heterocycles. The summed E-state index contributed by atoms with van der Waals surface area (Å²) in [5, 5.41) is 3.84. The van der Waals surface area contributed by atoms with Gasteiger partial charge >= 0.3 is 0 Å². The van der Waals surface area contributed by atoms with Crippen LogP contribution >= 0.6 is 0 Å². The molecule has 0 radical (unpaired) electrons. The van der Waals surface area contributed by atoms with Crippen molar-refractivity contribution < 1.29 is 0 Å². The predicted molar refractivity (Wildman–Crippen MR) is 83.2 cm³/mol. The maximum absolute atomic E-state index is 6.12. The van der Waals surface area contributed by atoms with Crippen LogP contribution in [0.25, 0.3) is 0 Å². The Morgan fingerprint density at radius 2 is 1.95 bits per heavy atom. The monoisotopic (exact) mass is 266 g/mol. The van der Waals surface area contributed by atoms with Crippen LogP contribution in [0.4, 0.5) is 0 Å². The minimum Gasteiger partial charge on any atom is -0.329 e. The highest BCUT2D eigenvalue weighted by Crippen LogP contribution is 2.35. The minimum atomic E-state index is 0.257. The lowest BCUT2D eigenvalue weighted by Gasteiger charge is -2.33. The Kier molecular flexibility index (Phi) is 5.70. The van der Waals surface area contributed by atoms with Gasteiger partial charge in [0.05, 0.1) is 0 Å². The van der Waals surface area contributed by atoms with Crippen molar-refractivity contribution in [3.05, 3.63) is 0 Å². The lowest BCUT2D eigenvalue weighted by molar-refractivity contribution is 0.276. The molecule has 0 aromatic carbocycles. The molecule has 0 aromatic rings. The van der Waals surface area contributed by atoms with E-state index in [-0.39, 0.29) is 5.54 Å². The summed E-state index contributed by atoms with van der Waals surface area (Å²) in [5.74, 6) is 2.82. The van der Waals surface area contributed by atoms with E-state index in [1.54, 1.807) is 0 Å². The highest BCUT2D eigenvalue weighted by atomic mass is 15.0. The predicted octanol–water partition coefficient (Wildman–Crippen LogP) is 3.70. The first-order valence-electron chi connectivity index (χ1n) is 8.60. The van der Waals surface area contributed by atoms with E-state index in [4.69, 9.17) is 5.73 Å². The largest absolute Gasteiger partial charge is 0.329 e. The van der Waals surface area contributed by atoms with Crippen molar-refractivity contribution in [3.63, 3.8) is 0 Å². The summed E-state index contributed by atoms with van der Waals surface area (Å²) in [7, 11) is 0. The molecular formula is C17H34N2. The third-order valence-corrected chi connectivity index (χ3v) is 5.54. The van der Waals surface area contributed by atoms with E-state index in [0.29, 0.717) is 0 Å². The molecule has 2 aliphatic rings. The molecule has 0 saturated heterocycles. The molecule has 2 aliphatic carbocycles. The molecular weight excluding hydrogens is 232 g/mol. The van der Waals surface area contributed by atoms with Gasteiger partial charge in [-0.2, -0.15) is 0 Å². The topological polar surface area (TPSA) is 38.0 Å². The molecule has 2 unspecified atom stereocenters. The third-order valence-electron chi connectivity index (χ3n) is 5.54. The summed E-state index contributed by atoms with van der Waals surface area (Å²) in [5.41, 5.74) is 6.38. The second-order valence-corrected chi connectivity index (χ2v) is 7.43. The van der Waals surface area contributed by atoms with E-state index in [1.165, 1.54) is 64.3 Å². The van der Waals surface area contributed by atoms with Gasteiger partial charge in [0.1, 0.15) is 0 Å². The molecule has 19 heavy (non-hydrogen) atoms. The zero-order valence-corrected chi connectivity index (χ0v) is 13.1. The zero-order valence-electron chi connectivity index (χ0n) is 13.1. The van der Waals surface area contributed by atoms with E-state index in [0.717, 1.165) is 24.3 Å². The van der Waals surface area contributed by atoms with Crippen LogP contribution in [0.3, 0.4) is 0 Å². The second-order valence-electron chi connectivity index (χ2n) is 7.43. The molecule has 2 saturated carbocycles. The van der Waals surface area contributed by atoms with Crippen molar-refractivity contribution in [2.24, 2.45) is 23.5 Å². The van der Waals surface area contributed by atoms with Gasteiger partial charge in [-0.15, -0.1) is 0 Å². The first-order chi connectivity index (χ1) is 9.15. The maximum Gasteiger partial charge on any atom is 0.0304 e. The highest BCUT2D eigenvalue weighted by molar-refractivity contribution is 4.92. The van der Waals surface area contributed by atoms with Crippen molar-refractivity contribution in [2.45, 2.75) is 77.2 Å². The van der Waals surface area contributed by atoms with Gasteiger partial charge in [-0.25, -0.2) is 0 Å². The van der Waals surface area contributed by atoms with Crippen LogP contribution in [0.1, 0.15) is 71.6 Å². The van der Waals surface area contributed by atoms with Crippen molar-refractivity contribution in [2.75, 3.05) is 13.1 Å². The van der Waals surface area contributed by atoms with Crippen LogP contribution in [-0.4, -0.2) is 18.6 Å². The van der Waals surface area contributed by atoms with Gasteiger partial charge in [-0.1, -0.05) is 39.5 Å². The van der Waals surface area contributed by atoms with Crippen molar-refractivity contribution in [1.82, 2.24) is 5.32 Å². The molecule has 2 atom stereocenters. The lowest BCUT2D eigenvalue weighted by atomic mass is 9.86. The number of rotatable bonds is 7. The van der Waals surface area contributed by atoms with E-state index < -0.39 is 0 Å². The molecule has 2 rings (SSSR count). The van der Waals surface area contributed by atoms with Crippen LogP contribution in [0.2, 0.25) is 0 Å². The molecule has 112 valence electrons. The zero-order chi connectivity index (χ0) is 13.7. The molecule has 0 heterocycles. The average Bonchev–Trinajstić information content (AvgIpc) is 3.22. The van der Waals surface area contributed by atoms with Gasteiger partial charge in [0.2, 0.25) is 0 Å². The summed E-state index contributed by atoms with van der Waals surface area (Å²) >= 11 is 0. The summed E-state index contributed by atoms with van der Waals surface area (Å²) in [6.45, 7) is 6.76. The van der Waals surface area contributed by atoms with Crippen LogP contribution < -0.4 is 11.1 Å². The smallest absolute Gasteiger partial charge is 0.0304 e.